The SMILES string of the molecule is O=C(NC1CC1)c1ccc([C@H]2SCC(=O)N2Cc2ccccc2)cc1. The van der Waals surface area contributed by atoms with Crippen LogP contribution in [0.3, 0.4) is 0 Å². The van der Waals surface area contributed by atoms with Gasteiger partial charge in [-0.05, 0) is 36.1 Å². The zero-order chi connectivity index (χ0) is 17.2. The molecule has 4 nitrogen and oxygen atoms in total. The number of amides is 2. The van der Waals surface area contributed by atoms with E-state index < -0.39 is 0 Å². The van der Waals surface area contributed by atoms with Gasteiger partial charge in [-0.25, -0.2) is 0 Å². The second kappa shape index (κ2) is 6.92. The number of hydrogen-bond donors (Lipinski definition) is 1. The molecule has 1 heterocycles. The Morgan fingerprint density at radius 2 is 1.80 bits per heavy atom. The van der Waals surface area contributed by atoms with Gasteiger partial charge in [-0.1, -0.05) is 42.5 Å². The lowest BCUT2D eigenvalue weighted by atomic mass is 10.1. The molecule has 5 heteroatoms. The standard InChI is InChI=1S/C20H20N2O2S/c23-18-13-25-20(22(18)12-14-4-2-1-3-5-14)16-8-6-15(7-9-16)19(24)21-17-10-11-17/h1-9,17,20H,10-13H2,(H,21,24)/t20-/m1/s1. The summed E-state index contributed by atoms with van der Waals surface area (Å²) < 4.78 is 0. The lowest BCUT2D eigenvalue weighted by molar-refractivity contribution is -0.128. The predicted molar refractivity (Wildman–Crippen MR) is 99.1 cm³/mol. The number of benzene rings is 2. The van der Waals surface area contributed by atoms with Crippen molar-refractivity contribution in [1.29, 1.82) is 0 Å². The summed E-state index contributed by atoms with van der Waals surface area (Å²) in [6.45, 7) is 0.612. The molecule has 25 heavy (non-hydrogen) atoms. The Labute approximate surface area is 151 Å². The molecule has 1 aliphatic carbocycles. The summed E-state index contributed by atoms with van der Waals surface area (Å²) in [5, 5.41) is 3.01. The molecular weight excluding hydrogens is 332 g/mol. The van der Waals surface area contributed by atoms with Gasteiger partial charge in [-0.3, -0.25) is 9.59 Å². The van der Waals surface area contributed by atoms with E-state index in [-0.39, 0.29) is 17.2 Å². The molecule has 2 aliphatic rings. The van der Waals surface area contributed by atoms with Gasteiger partial charge in [0.2, 0.25) is 5.91 Å². The van der Waals surface area contributed by atoms with E-state index in [1.165, 1.54) is 0 Å². The Bertz CT molecular complexity index is 772. The normalized spacial score (nSPS) is 19.9. The highest BCUT2D eigenvalue weighted by molar-refractivity contribution is 8.00. The number of carbonyl (C=O) groups is 2. The van der Waals surface area contributed by atoms with Gasteiger partial charge in [0.25, 0.3) is 5.91 Å². The zero-order valence-corrected chi connectivity index (χ0v) is 14.7. The summed E-state index contributed by atoms with van der Waals surface area (Å²) in [5.74, 6) is 0.654. The lowest BCUT2D eigenvalue weighted by Gasteiger charge is -2.24. The van der Waals surface area contributed by atoms with E-state index in [0.717, 1.165) is 24.0 Å². The van der Waals surface area contributed by atoms with Gasteiger partial charge in [0.1, 0.15) is 5.37 Å². The van der Waals surface area contributed by atoms with Crippen molar-refractivity contribution < 1.29 is 9.59 Å². The zero-order valence-electron chi connectivity index (χ0n) is 13.9. The Morgan fingerprint density at radius 1 is 1.08 bits per heavy atom. The highest BCUT2D eigenvalue weighted by Gasteiger charge is 2.32. The number of thioether (sulfide) groups is 1. The summed E-state index contributed by atoms with van der Waals surface area (Å²) in [6, 6.07) is 18.1. The Kier molecular flexibility index (Phi) is 4.49. The third kappa shape index (κ3) is 3.71. The molecular formula is C20H20N2O2S. The predicted octanol–water partition coefficient (Wildman–Crippen LogP) is 3.35. The van der Waals surface area contributed by atoms with Crippen molar-refractivity contribution in [3.63, 3.8) is 0 Å². The molecule has 0 unspecified atom stereocenters. The van der Waals surface area contributed by atoms with Gasteiger partial charge in [-0.15, -0.1) is 11.8 Å². The van der Waals surface area contributed by atoms with Gasteiger partial charge in [-0.2, -0.15) is 0 Å². The lowest BCUT2D eigenvalue weighted by Crippen LogP contribution is -2.28. The average molecular weight is 352 g/mol. The van der Waals surface area contributed by atoms with E-state index in [9.17, 15) is 9.59 Å². The van der Waals surface area contributed by atoms with Gasteiger partial charge in [0.05, 0.1) is 5.75 Å². The molecule has 4 rings (SSSR count). The quantitative estimate of drug-likeness (QED) is 0.898. The molecule has 1 saturated heterocycles. The molecule has 2 aromatic rings. The minimum absolute atomic E-state index is 0.00764. The summed E-state index contributed by atoms with van der Waals surface area (Å²) in [6.07, 6.45) is 2.16. The van der Waals surface area contributed by atoms with Crippen LogP contribution in [0.1, 0.15) is 39.7 Å². The van der Waals surface area contributed by atoms with Gasteiger partial charge >= 0.3 is 0 Å². The Morgan fingerprint density at radius 3 is 2.48 bits per heavy atom. The highest BCUT2D eigenvalue weighted by Crippen LogP contribution is 2.39. The Hall–Kier alpha value is -2.27. The number of carbonyl (C=O) groups excluding carboxylic acids is 2. The third-order valence-electron chi connectivity index (χ3n) is 4.53. The van der Waals surface area contributed by atoms with Crippen LogP contribution in [0.4, 0.5) is 0 Å². The molecule has 0 radical (unpaired) electrons. The number of hydrogen-bond acceptors (Lipinski definition) is 3. The second-order valence-electron chi connectivity index (χ2n) is 6.54. The molecule has 1 atom stereocenters. The average Bonchev–Trinajstić information content (AvgIpc) is 3.39. The van der Waals surface area contributed by atoms with Crippen LogP contribution >= 0.6 is 11.8 Å². The van der Waals surface area contributed by atoms with Crippen molar-refractivity contribution in [3.8, 4) is 0 Å². The van der Waals surface area contributed by atoms with Crippen molar-refractivity contribution >= 4 is 23.6 Å². The van der Waals surface area contributed by atoms with E-state index in [4.69, 9.17) is 0 Å². The summed E-state index contributed by atoms with van der Waals surface area (Å²) in [7, 11) is 0. The van der Waals surface area contributed by atoms with Gasteiger partial charge in [0.15, 0.2) is 0 Å². The van der Waals surface area contributed by atoms with Crippen LogP contribution in [0, 0.1) is 0 Å². The first-order valence-electron chi connectivity index (χ1n) is 8.56. The van der Waals surface area contributed by atoms with Crippen molar-refractivity contribution in [1.82, 2.24) is 10.2 Å². The first kappa shape index (κ1) is 16.2. The molecule has 1 aliphatic heterocycles. The summed E-state index contributed by atoms with van der Waals surface area (Å²) >= 11 is 1.64. The fourth-order valence-corrected chi connectivity index (χ4v) is 4.16. The molecule has 0 spiro atoms. The van der Waals surface area contributed by atoms with Crippen LogP contribution in [0.5, 0.6) is 0 Å². The molecule has 128 valence electrons. The van der Waals surface area contributed by atoms with Crippen LogP contribution in [-0.4, -0.2) is 28.5 Å². The molecule has 2 amide bonds. The largest absolute Gasteiger partial charge is 0.349 e. The number of rotatable bonds is 5. The van der Waals surface area contributed by atoms with E-state index in [2.05, 4.69) is 5.32 Å². The summed E-state index contributed by atoms with van der Waals surface area (Å²) in [4.78, 5) is 26.3. The maximum absolute atomic E-state index is 12.3. The van der Waals surface area contributed by atoms with E-state index in [1.54, 1.807) is 11.8 Å². The maximum atomic E-state index is 12.3. The van der Waals surface area contributed by atoms with Crippen LogP contribution in [0.25, 0.3) is 0 Å². The van der Waals surface area contributed by atoms with Crippen LogP contribution in [0.15, 0.2) is 54.6 Å². The van der Waals surface area contributed by atoms with E-state index >= 15 is 0 Å². The summed E-state index contributed by atoms with van der Waals surface area (Å²) in [5.41, 5.74) is 2.87. The van der Waals surface area contributed by atoms with Crippen LogP contribution in [-0.2, 0) is 11.3 Å². The molecule has 2 fully saturated rings. The van der Waals surface area contributed by atoms with Crippen LogP contribution < -0.4 is 5.32 Å². The van der Waals surface area contributed by atoms with Crippen molar-refractivity contribution in [2.45, 2.75) is 30.8 Å². The van der Waals surface area contributed by atoms with Crippen LogP contribution in [0.2, 0.25) is 0 Å². The van der Waals surface area contributed by atoms with Crippen molar-refractivity contribution in [2.24, 2.45) is 0 Å². The smallest absolute Gasteiger partial charge is 0.251 e. The fraction of sp³-hybridized carbons (Fsp3) is 0.300. The first-order valence-corrected chi connectivity index (χ1v) is 9.61. The van der Waals surface area contributed by atoms with E-state index in [0.29, 0.717) is 23.9 Å². The number of nitrogens with zero attached hydrogens (tertiary/aromatic N) is 1. The topological polar surface area (TPSA) is 49.4 Å². The molecule has 1 saturated carbocycles. The first-order chi connectivity index (χ1) is 12.2. The second-order valence-corrected chi connectivity index (χ2v) is 7.61. The molecule has 0 aromatic heterocycles. The third-order valence-corrected chi connectivity index (χ3v) is 5.79. The number of nitrogens with one attached hydrogen (secondary N) is 1. The fourth-order valence-electron chi connectivity index (χ4n) is 2.98. The van der Waals surface area contributed by atoms with Crippen molar-refractivity contribution in [2.75, 3.05) is 5.75 Å². The van der Waals surface area contributed by atoms with E-state index in [1.807, 2.05) is 59.5 Å². The molecule has 0 bridgehead atoms. The minimum atomic E-state index is -0.00894. The maximum Gasteiger partial charge on any atom is 0.251 e. The van der Waals surface area contributed by atoms with Gasteiger partial charge < -0.3 is 10.2 Å². The molecule has 1 N–H and O–H groups in total. The van der Waals surface area contributed by atoms with Crippen molar-refractivity contribution in [3.05, 3.63) is 71.3 Å². The Balaban J connectivity index is 1.49. The van der Waals surface area contributed by atoms with Gasteiger partial charge in [0, 0.05) is 18.2 Å². The highest BCUT2D eigenvalue weighted by atomic mass is 32.2. The monoisotopic (exact) mass is 352 g/mol. The minimum Gasteiger partial charge on any atom is -0.349 e. The molecule has 2 aromatic carbocycles.